The van der Waals surface area contributed by atoms with E-state index in [1.54, 1.807) is 13.2 Å². The highest BCUT2D eigenvalue weighted by atomic mass is 16.5. The van der Waals surface area contributed by atoms with E-state index < -0.39 is 0 Å². The number of benzene rings is 2. The van der Waals surface area contributed by atoms with Crippen LogP contribution in [0.5, 0.6) is 11.5 Å². The normalized spacial score (nSPS) is 18.0. The van der Waals surface area contributed by atoms with Gasteiger partial charge in [0.1, 0.15) is 11.4 Å². The summed E-state index contributed by atoms with van der Waals surface area (Å²) in [6, 6.07) is 15.0. The Morgan fingerprint density at radius 2 is 2.00 bits per heavy atom. The van der Waals surface area contributed by atoms with E-state index in [-0.39, 0.29) is 23.3 Å². The second-order valence-electron chi connectivity index (χ2n) is 7.12. The predicted octanol–water partition coefficient (Wildman–Crippen LogP) is 4.47. The van der Waals surface area contributed by atoms with Crippen LogP contribution in [0, 0.1) is 0 Å². The van der Waals surface area contributed by atoms with Crippen LogP contribution in [-0.2, 0) is 0 Å². The lowest BCUT2D eigenvalue weighted by Crippen LogP contribution is -2.41. The Balaban J connectivity index is 1.64. The Bertz CT molecular complexity index is 973. The van der Waals surface area contributed by atoms with E-state index in [4.69, 9.17) is 13.9 Å². The maximum atomic E-state index is 12.8. The molecule has 1 aromatic heterocycles. The first-order chi connectivity index (χ1) is 12.5. The summed E-state index contributed by atoms with van der Waals surface area (Å²) in [5.41, 5.74) is 1.20. The summed E-state index contributed by atoms with van der Waals surface area (Å²) in [6.07, 6.45) is 0.680. The second-order valence-corrected chi connectivity index (χ2v) is 7.12. The largest absolute Gasteiger partial charge is 0.493 e. The van der Waals surface area contributed by atoms with Crippen molar-refractivity contribution in [2.45, 2.75) is 31.9 Å². The van der Waals surface area contributed by atoms with Gasteiger partial charge in [-0.05, 0) is 32.0 Å². The molecule has 0 bridgehead atoms. The van der Waals surface area contributed by atoms with Gasteiger partial charge in [-0.3, -0.25) is 4.79 Å². The zero-order valence-electron chi connectivity index (χ0n) is 15.0. The predicted molar refractivity (Wildman–Crippen MR) is 98.7 cm³/mol. The maximum absolute atomic E-state index is 12.8. The van der Waals surface area contributed by atoms with Gasteiger partial charge in [-0.25, -0.2) is 0 Å². The fourth-order valence-corrected chi connectivity index (χ4v) is 3.47. The summed E-state index contributed by atoms with van der Waals surface area (Å²) >= 11 is 0. The van der Waals surface area contributed by atoms with Crippen LogP contribution < -0.4 is 14.8 Å². The van der Waals surface area contributed by atoms with Crippen molar-refractivity contribution in [2.24, 2.45) is 0 Å². The van der Waals surface area contributed by atoms with Gasteiger partial charge in [0.15, 0.2) is 17.1 Å². The van der Waals surface area contributed by atoms with Crippen LogP contribution >= 0.6 is 0 Å². The minimum atomic E-state index is -0.358. The van der Waals surface area contributed by atoms with E-state index in [2.05, 4.69) is 5.32 Å². The number of fused-ring (bicyclic) bond motifs is 2. The van der Waals surface area contributed by atoms with Gasteiger partial charge in [0, 0.05) is 17.4 Å². The summed E-state index contributed by atoms with van der Waals surface area (Å²) in [6.45, 7) is 4.04. The molecule has 3 aromatic rings. The minimum absolute atomic E-state index is 0.141. The van der Waals surface area contributed by atoms with E-state index >= 15 is 0 Å². The number of furan rings is 1. The number of methoxy groups -OCH3 is 1. The Hall–Kier alpha value is -2.95. The van der Waals surface area contributed by atoms with Gasteiger partial charge in [-0.1, -0.05) is 30.3 Å². The van der Waals surface area contributed by atoms with E-state index in [0.29, 0.717) is 17.8 Å². The highest BCUT2D eigenvalue weighted by molar-refractivity contribution is 5.97. The topological polar surface area (TPSA) is 60.7 Å². The van der Waals surface area contributed by atoms with Crippen LogP contribution in [0.3, 0.4) is 0 Å². The van der Waals surface area contributed by atoms with Crippen LogP contribution in [0.25, 0.3) is 11.0 Å². The number of ether oxygens (including phenoxy) is 2. The smallest absolute Gasteiger partial charge is 0.287 e. The molecule has 5 heteroatoms. The lowest BCUT2D eigenvalue weighted by molar-refractivity contribution is 0.0612. The molecule has 0 saturated carbocycles. The fraction of sp³-hybridized carbons (Fsp3) is 0.286. The molecule has 0 spiro atoms. The molecule has 1 aliphatic rings. The van der Waals surface area contributed by atoms with Crippen LogP contribution in [0.15, 0.2) is 52.9 Å². The number of nitrogens with one attached hydrogen (secondary N) is 1. The molecule has 5 nitrogen and oxygen atoms in total. The third-order valence-corrected chi connectivity index (χ3v) is 4.63. The number of para-hydroxylation sites is 2. The third-order valence-electron chi connectivity index (χ3n) is 4.63. The van der Waals surface area contributed by atoms with Gasteiger partial charge in [0.05, 0.1) is 13.2 Å². The molecule has 2 aromatic carbocycles. The molecular formula is C21H21NO4. The van der Waals surface area contributed by atoms with Crippen LogP contribution in [0.4, 0.5) is 0 Å². The summed E-state index contributed by atoms with van der Waals surface area (Å²) in [4.78, 5) is 12.8. The monoisotopic (exact) mass is 351 g/mol. The molecule has 0 saturated heterocycles. The highest BCUT2D eigenvalue weighted by Gasteiger charge is 2.34. The van der Waals surface area contributed by atoms with Crippen molar-refractivity contribution in [3.05, 3.63) is 59.9 Å². The van der Waals surface area contributed by atoms with Crippen LogP contribution in [0.2, 0.25) is 0 Å². The van der Waals surface area contributed by atoms with Crippen molar-refractivity contribution in [3.63, 3.8) is 0 Å². The SMILES string of the molecule is COc1cccc2cc(C(=O)N[C@@H]3CC(C)(C)Oc4ccccc43)oc12. The number of hydrogen-bond donors (Lipinski definition) is 1. The van der Waals surface area contributed by atoms with Gasteiger partial charge in [-0.2, -0.15) is 0 Å². The average molecular weight is 351 g/mol. The molecule has 134 valence electrons. The lowest BCUT2D eigenvalue weighted by Gasteiger charge is -2.37. The molecule has 0 fully saturated rings. The van der Waals surface area contributed by atoms with Crippen molar-refractivity contribution >= 4 is 16.9 Å². The second kappa shape index (κ2) is 6.09. The van der Waals surface area contributed by atoms with Gasteiger partial charge in [0.25, 0.3) is 5.91 Å². The molecule has 1 amide bonds. The van der Waals surface area contributed by atoms with Crippen molar-refractivity contribution < 1.29 is 18.7 Å². The highest BCUT2D eigenvalue weighted by Crippen LogP contribution is 2.39. The average Bonchev–Trinajstić information content (AvgIpc) is 3.05. The quantitative estimate of drug-likeness (QED) is 0.756. The molecule has 2 heterocycles. The first-order valence-corrected chi connectivity index (χ1v) is 8.62. The van der Waals surface area contributed by atoms with Gasteiger partial charge in [-0.15, -0.1) is 0 Å². The van der Waals surface area contributed by atoms with E-state index in [0.717, 1.165) is 16.7 Å². The number of amides is 1. The van der Waals surface area contributed by atoms with Crippen molar-refractivity contribution in [1.82, 2.24) is 5.32 Å². The molecule has 1 aliphatic heterocycles. The Morgan fingerprint density at radius 3 is 2.81 bits per heavy atom. The fourth-order valence-electron chi connectivity index (χ4n) is 3.47. The van der Waals surface area contributed by atoms with Gasteiger partial charge < -0.3 is 19.2 Å². The number of carbonyl (C=O) groups is 1. The van der Waals surface area contributed by atoms with E-state index in [1.807, 2.05) is 56.3 Å². The standard InChI is InChI=1S/C21H21NO4/c1-21(2)12-15(14-8-4-5-9-16(14)26-21)22-20(23)18-11-13-7-6-10-17(24-3)19(13)25-18/h4-11,15H,12H2,1-3H3,(H,22,23)/t15-/m1/s1. The third kappa shape index (κ3) is 2.90. The minimum Gasteiger partial charge on any atom is -0.493 e. The Labute approximate surface area is 151 Å². The summed E-state index contributed by atoms with van der Waals surface area (Å²) < 4.78 is 17.1. The van der Waals surface area contributed by atoms with Crippen molar-refractivity contribution in [3.8, 4) is 11.5 Å². The zero-order chi connectivity index (χ0) is 18.3. The molecule has 26 heavy (non-hydrogen) atoms. The Kier molecular flexibility index (Phi) is 3.87. The first kappa shape index (κ1) is 16.5. The Morgan fingerprint density at radius 1 is 1.19 bits per heavy atom. The van der Waals surface area contributed by atoms with E-state index in [1.165, 1.54) is 0 Å². The molecule has 1 N–H and O–H groups in total. The first-order valence-electron chi connectivity index (χ1n) is 8.62. The van der Waals surface area contributed by atoms with E-state index in [9.17, 15) is 4.79 Å². The van der Waals surface area contributed by atoms with Crippen molar-refractivity contribution in [1.29, 1.82) is 0 Å². The molecule has 0 unspecified atom stereocenters. The van der Waals surface area contributed by atoms with Gasteiger partial charge >= 0.3 is 0 Å². The summed E-state index contributed by atoms with van der Waals surface area (Å²) in [5.74, 6) is 1.44. The van der Waals surface area contributed by atoms with Crippen LogP contribution in [-0.4, -0.2) is 18.6 Å². The molecule has 0 aliphatic carbocycles. The molecular weight excluding hydrogens is 330 g/mol. The maximum Gasteiger partial charge on any atom is 0.287 e. The number of carbonyl (C=O) groups excluding carboxylic acids is 1. The zero-order valence-corrected chi connectivity index (χ0v) is 15.0. The lowest BCUT2D eigenvalue weighted by atomic mass is 9.89. The van der Waals surface area contributed by atoms with Crippen molar-refractivity contribution in [2.75, 3.05) is 7.11 Å². The summed E-state index contributed by atoms with van der Waals surface area (Å²) in [7, 11) is 1.58. The van der Waals surface area contributed by atoms with Crippen LogP contribution in [0.1, 0.15) is 42.4 Å². The number of hydrogen-bond acceptors (Lipinski definition) is 4. The summed E-state index contributed by atoms with van der Waals surface area (Å²) in [5, 5.41) is 3.93. The molecule has 4 rings (SSSR count). The number of rotatable bonds is 3. The molecule has 1 atom stereocenters. The van der Waals surface area contributed by atoms with Gasteiger partial charge in [0.2, 0.25) is 0 Å². The molecule has 0 radical (unpaired) electrons.